The van der Waals surface area contributed by atoms with Gasteiger partial charge in [-0.3, -0.25) is 0 Å². The molecular formula is C9H19N. The van der Waals surface area contributed by atoms with Crippen LogP contribution in [0.5, 0.6) is 0 Å². The summed E-state index contributed by atoms with van der Waals surface area (Å²) in [5.74, 6) is 0. The summed E-state index contributed by atoms with van der Waals surface area (Å²) in [6, 6.07) is 0.628. The lowest BCUT2D eigenvalue weighted by Crippen LogP contribution is -2.26. The Morgan fingerprint density at radius 3 is 2.50 bits per heavy atom. The van der Waals surface area contributed by atoms with Crippen molar-refractivity contribution in [2.45, 2.75) is 39.7 Å². The van der Waals surface area contributed by atoms with E-state index in [0.29, 0.717) is 6.04 Å². The molecule has 0 heterocycles. The van der Waals surface area contributed by atoms with E-state index in [9.17, 15) is 0 Å². The van der Waals surface area contributed by atoms with Gasteiger partial charge in [0, 0.05) is 12.6 Å². The zero-order chi connectivity index (χ0) is 7.98. The maximum absolute atomic E-state index is 3.92. The molecule has 0 fully saturated rings. The Morgan fingerprint density at radius 2 is 2.10 bits per heavy atom. The molecule has 0 amide bonds. The Labute approximate surface area is 64.5 Å². The summed E-state index contributed by atoms with van der Waals surface area (Å²) < 4.78 is 0. The molecule has 0 saturated carbocycles. The highest BCUT2D eigenvalue weighted by Gasteiger charge is 1.96. The molecule has 1 unspecified atom stereocenters. The van der Waals surface area contributed by atoms with Gasteiger partial charge in [-0.2, -0.15) is 0 Å². The molecule has 0 rings (SSSR count). The molecule has 1 nitrogen and oxygen atoms in total. The fraction of sp³-hybridized carbons (Fsp3) is 0.778. The molecule has 1 atom stereocenters. The highest BCUT2D eigenvalue weighted by Crippen LogP contribution is 1.95. The third kappa shape index (κ3) is 4.57. The van der Waals surface area contributed by atoms with Gasteiger partial charge in [0.25, 0.3) is 0 Å². The highest BCUT2D eigenvalue weighted by atomic mass is 14.9. The van der Waals surface area contributed by atoms with Crippen LogP contribution in [0.15, 0.2) is 12.2 Å². The van der Waals surface area contributed by atoms with Crippen LogP contribution in [0.25, 0.3) is 0 Å². The van der Waals surface area contributed by atoms with Crippen LogP contribution < -0.4 is 5.32 Å². The largest absolute Gasteiger partial charge is 0.311 e. The van der Waals surface area contributed by atoms with Gasteiger partial charge >= 0.3 is 0 Å². The normalized spacial score (nSPS) is 13.1. The van der Waals surface area contributed by atoms with Crippen molar-refractivity contribution >= 4 is 0 Å². The minimum absolute atomic E-state index is 0.628. The predicted octanol–water partition coefficient (Wildman–Crippen LogP) is 2.34. The van der Waals surface area contributed by atoms with Crippen LogP contribution in [0.1, 0.15) is 33.6 Å². The molecule has 0 bridgehead atoms. The van der Waals surface area contributed by atoms with Crippen molar-refractivity contribution in [3.05, 3.63) is 12.2 Å². The number of hydrogen-bond donors (Lipinski definition) is 1. The van der Waals surface area contributed by atoms with Gasteiger partial charge in [-0.25, -0.2) is 0 Å². The molecule has 1 N–H and O–H groups in total. The molecule has 0 aliphatic carbocycles. The van der Waals surface area contributed by atoms with Crippen LogP contribution in [0.4, 0.5) is 0 Å². The van der Waals surface area contributed by atoms with Crippen LogP contribution in [-0.2, 0) is 0 Å². The molecule has 0 spiro atoms. The second kappa shape index (κ2) is 5.48. The molecule has 0 aliphatic rings. The van der Waals surface area contributed by atoms with Gasteiger partial charge in [0.15, 0.2) is 0 Å². The first-order valence-corrected chi connectivity index (χ1v) is 4.10. The van der Waals surface area contributed by atoms with Crippen molar-refractivity contribution in [3.8, 4) is 0 Å². The summed E-state index contributed by atoms with van der Waals surface area (Å²) in [5.41, 5.74) is 1.29. The second-order valence-electron chi connectivity index (χ2n) is 2.79. The van der Waals surface area contributed by atoms with Crippen LogP contribution >= 0.6 is 0 Å². The summed E-state index contributed by atoms with van der Waals surface area (Å²) in [6.07, 6.45) is 2.28. The van der Waals surface area contributed by atoms with E-state index in [1.54, 1.807) is 0 Å². The number of nitrogens with one attached hydrogen (secondary N) is 1. The van der Waals surface area contributed by atoms with E-state index < -0.39 is 0 Å². The lowest BCUT2D eigenvalue weighted by Gasteiger charge is -2.11. The van der Waals surface area contributed by atoms with E-state index in [1.807, 2.05) is 0 Å². The van der Waals surface area contributed by atoms with Gasteiger partial charge in [-0.15, -0.1) is 0 Å². The minimum Gasteiger partial charge on any atom is -0.311 e. The standard InChI is InChI=1S/C9H19N/c1-5-8(3)7-10-9(4)6-2/h9-10H,3,5-7H2,1-2,4H3. The lowest BCUT2D eigenvalue weighted by molar-refractivity contribution is 0.556. The number of rotatable bonds is 5. The quantitative estimate of drug-likeness (QED) is 0.579. The Balaban J connectivity index is 3.26. The first-order chi connectivity index (χ1) is 4.70. The first-order valence-electron chi connectivity index (χ1n) is 4.10. The Bertz CT molecular complexity index is 96.9. The van der Waals surface area contributed by atoms with Gasteiger partial charge in [-0.1, -0.05) is 26.0 Å². The molecular weight excluding hydrogens is 122 g/mol. The summed E-state index contributed by atoms with van der Waals surface area (Å²) in [6.45, 7) is 11.4. The zero-order valence-corrected chi connectivity index (χ0v) is 7.41. The van der Waals surface area contributed by atoms with Gasteiger partial charge in [0.05, 0.1) is 0 Å². The van der Waals surface area contributed by atoms with Crippen molar-refractivity contribution < 1.29 is 0 Å². The average molecular weight is 141 g/mol. The maximum Gasteiger partial charge on any atom is 0.0164 e. The summed E-state index contributed by atoms with van der Waals surface area (Å²) in [4.78, 5) is 0. The Kier molecular flexibility index (Phi) is 5.32. The third-order valence-corrected chi connectivity index (χ3v) is 1.81. The van der Waals surface area contributed by atoms with Gasteiger partial charge in [-0.05, 0) is 19.8 Å². The van der Waals surface area contributed by atoms with E-state index in [-0.39, 0.29) is 0 Å². The van der Waals surface area contributed by atoms with Crippen LogP contribution in [0.3, 0.4) is 0 Å². The van der Waals surface area contributed by atoms with E-state index in [0.717, 1.165) is 13.0 Å². The van der Waals surface area contributed by atoms with Crippen molar-refractivity contribution in [3.63, 3.8) is 0 Å². The Morgan fingerprint density at radius 1 is 1.50 bits per heavy atom. The minimum atomic E-state index is 0.628. The van der Waals surface area contributed by atoms with Crippen molar-refractivity contribution in [2.75, 3.05) is 6.54 Å². The van der Waals surface area contributed by atoms with Gasteiger partial charge < -0.3 is 5.32 Å². The van der Waals surface area contributed by atoms with E-state index >= 15 is 0 Å². The van der Waals surface area contributed by atoms with Crippen molar-refractivity contribution in [2.24, 2.45) is 0 Å². The third-order valence-electron chi connectivity index (χ3n) is 1.81. The topological polar surface area (TPSA) is 12.0 Å². The van der Waals surface area contributed by atoms with Crippen LogP contribution in [0.2, 0.25) is 0 Å². The fourth-order valence-electron chi connectivity index (χ4n) is 0.588. The van der Waals surface area contributed by atoms with Crippen molar-refractivity contribution in [1.82, 2.24) is 5.32 Å². The molecule has 0 aromatic heterocycles. The summed E-state index contributed by atoms with van der Waals surface area (Å²) in [7, 11) is 0. The lowest BCUT2D eigenvalue weighted by atomic mass is 10.2. The predicted molar refractivity (Wildman–Crippen MR) is 47.2 cm³/mol. The monoisotopic (exact) mass is 141 g/mol. The van der Waals surface area contributed by atoms with E-state index in [4.69, 9.17) is 0 Å². The molecule has 0 saturated heterocycles. The smallest absolute Gasteiger partial charge is 0.0164 e. The van der Waals surface area contributed by atoms with Crippen molar-refractivity contribution in [1.29, 1.82) is 0 Å². The van der Waals surface area contributed by atoms with Gasteiger partial charge in [0.2, 0.25) is 0 Å². The molecule has 0 aromatic rings. The maximum atomic E-state index is 3.92. The second-order valence-corrected chi connectivity index (χ2v) is 2.79. The van der Waals surface area contributed by atoms with Gasteiger partial charge in [0.1, 0.15) is 0 Å². The highest BCUT2D eigenvalue weighted by molar-refractivity contribution is 4.95. The Hall–Kier alpha value is -0.300. The van der Waals surface area contributed by atoms with Crippen LogP contribution in [-0.4, -0.2) is 12.6 Å². The van der Waals surface area contributed by atoms with E-state index in [2.05, 4.69) is 32.7 Å². The molecule has 0 radical (unpaired) electrons. The SMILES string of the molecule is C=C(CC)CNC(C)CC. The summed E-state index contributed by atoms with van der Waals surface area (Å²) in [5, 5.41) is 3.38. The first kappa shape index (κ1) is 9.70. The zero-order valence-electron chi connectivity index (χ0n) is 7.41. The molecule has 10 heavy (non-hydrogen) atoms. The summed E-state index contributed by atoms with van der Waals surface area (Å²) >= 11 is 0. The molecule has 60 valence electrons. The van der Waals surface area contributed by atoms with Crippen LogP contribution in [0, 0.1) is 0 Å². The average Bonchev–Trinajstić information content (AvgIpc) is 1.99. The molecule has 0 aliphatic heterocycles. The molecule has 1 heteroatoms. The number of hydrogen-bond acceptors (Lipinski definition) is 1. The molecule has 0 aromatic carbocycles. The van der Waals surface area contributed by atoms with E-state index in [1.165, 1.54) is 12.0 Å². The fourth-order valence-corrected chi connectivity index (χ4v) is 0.588.